The van der Waals surface area contributed by atoms with E-state index in [0.717, 1.165) is 13.1 Å². The van der Waals surface area contributed by atoms with Gasteiger partial charge in [-0.15, -0.1) is 11.8 Å². The predicted molar refractivity (Wildman–Crippen MR) is 209 cm³/mol. The summed E-state index contributed by atoms with van der Waals surface area (Å²) < 4.78 is 0. The average molecular weight is 573 g/mol. The highest BCUT2D eigenvalue weighted by Gasteiger charge is 2.16. The Morgan fingerprint density at radius 1 is 0.649 bits per heavy atom. The number of hydrogen-bond donors (Lipinski definition) is 1. The van der Waals surface area contributed by atoms with Crippen molar-refractivity contribution in [2.24, 2.45) is 11.8 Å². The van der Waals surface area contributed by atoms with Gasteiger partial charge in [0.15, 0.2) is 0 Å². The Hall–Kier alpha value is 0.0299. The molecule has 6 heteroatoms. The van der Waals surface area contributed by atoms with Gasteiger partial charge in [0.25, 0.3) is 0 Å². The van der Waals surface area contributed by atoms with Gasteiger partial charge in [-0.05, 0) is 52.6 Å². The van der Waals surface area contributed by atoms with Gasteiger partial charge in [0.2, 0.25) is 7.41 Å². The Morgan fingerprint density at radius 2 is 1.03 bits per heavy atom. The molecule has 4 unspecified atom stereocenters. The van der Waals surface area contributed by atoms with E-state index in [4.69, 9.17) is 0 Å². The van der Waals surface area contributed by atoms with Crippen LogP contribution < -0.4 is 5.32 Å². The third-order valence-electron chi connectivity index (χ3n) is 3.81. The topological polar surface area (TPSA) is 15.3 Å². The molecule has 0 aromatic carbocycles. The summed E-state index contributed by atoms with van der Waals surface area (Å²) in [6, 6.07) is 0. The van der Waals surface area contributed by atoms with E-state index < -0.39 is 0 Å². The first-order valence-electron chi connectivity index (χ1n) is 9.04. The molecule has 0 bridgehead atoms. The summed E-state index contributed by atoms with van der Waals surface area (Å²) in [4.78, 5) is 2.36. The standard InChI is InChI=1S/C9H15BN.C8H13N.C2H6B.12CH4.2H3P/c1-3-5-9-6-4-7-11(8-9)10-2;1-2-4-8-5-3-6-9-7-8;1-3-2;;;;;;;;;;;;;;/h9H,4,6-8H2,1-2H3;8-9H,3,5-7H2,1H3;1-2H3;12*1H4;2*1H3. The molecule has 0 aromatic heterocycles. The van der Waals surface area contributed by atoms with Gasteiger partial charge in [-0.1, -0.05) is 121 Å². The lowest BCUT2D eigenvalue weighted by molar-refractivity contribution is 0.315. The highest BCUT2D eigenvalue weighted by Crippen LogP contribution is 2.14. The maximum atomic E-state index is 3.32. The van der Waals surface area contributed by atoms with E-state index in [1.54, 1.807) is 0 Å². The predicted octanol–water partition coefficient (Wildman–Crippen LogP) is 10.9. The molecule has 2 saturated heterocycles. The van der Waals surface area contributed by atoms with Crippen LogP contribution in [0, 0.1) is 35.5 Å². The molecule has 0 saturated carbocycles. The van der Waals surface area contributed by atoms with E-state index in [-0.39, 0.29) is 109 Å². The summed E-state index contributed by atoms with van der Waals surface area (Å²) in [6.45, 7) is 14.6. The Balaban J connectivity index is -0.0000000136. The largest absolute Gasteiger partial charge is 0.346 e. The molecule has 4 atom stereocenters. The highest BCUT2D eigenvalue weighted by molar-refractivity contribution is 6.92. The fourth-order valence-electron chi connectivity index (χ4n) is 2.74. The van der Waals surface area contributed by atoms with E-state index >= 15 is 0 Å². The van der Waals surface area contributed by atoms with Crippen LogP contribution in [0.2, 0.25) is 20.5 Å². The second kappa shape index (κ2) is 76.6. The molecule has 0 amide bonds. The molecule has 2 rings (SSSR count). The fraction of sp³-hybridized carbons (Fsp3) is 0.871. The number of nitrogens with one attached hydrogen (secondary N) is 1. The van der Waals surface area contributed by atoms with Crippen LogP contribution >= 0.6 is 19.8 Å². The zero-order chi connectivity index (χ0) is 17.3. The van der Waals surface area contributed by atoms with Crippen LogP contribution in [0.1, 0.15) is 129 Å². The van der Waals surface area contributed by atoms with Crippen molar-refractivity contribution in [2.75, 3.05) is 26.2 Å². The SMILES string of the molecule is C.C.C.C.C.C.C.C.C.C.C.C.CC#CC1CCCNC1.C[B]C.C[B]N1CCCC(C#CC)C1.P.P. The first-order chi connectivity index (χ1) is 11.2. The summed E-state index contributed by atoms with van der Waals surface area (Å²) in [5.41, 5.74) is 0. The van der Waals surface area contributed by atoms with Gasteiger partial charge >= 0.3 is 0 Å². The summed E-state index contributed by atoms with van der Waals surface area (Å²) in [6.07, 6.45) is 5.15. The van der Waals surface area contributed by atoms with Crippen LogP contribution in [0.25, 0.3) is 0 Å². The Bertz CT molecular complexity index is 397. The maximum Gasteiger partial charge on any atom is 0.205 e. The van der Waals surface area contributed by atoms with Crippen LogP contribution in [0.5, 0.6) is 0 Å². The van der Waals surface area contributed by atoms with Crippen LogP contribution in [0.3, 0.4) is 0 Å². The second-order valence-electron chi connectivity index (χ2n) is 6.00. The molecule has 238 valence electrons. The Kier molecular flexibility index (Phi) is 205. The zero-order valence-corrected chi connectivity index (χ0v) is 20.2. The smallest absolute Gasteiger partial charge is 0.205 e. The fourth-order valence-corrected chi connectivity index (χ4v) is 2.74. The van der Waals surface area contributed by atoms with Crippen molar-refractivity contribution in [3.63, 3.8) is 0 Å². The summed E-state index contributed by atoms with van der Waals surface area (Å²) in [7, 11) is 4.17. The van der Waals surface area contributed by atoms with Crippen molar-refractivity contribution in [3.8, 4) is 23.7 Å². The van der Waals surface area contributed by atoms with E-state index in [1.807, 2.05) is 34.8 Å². The number of nitrogens with zero attached hydrogens (tertiary/aromatic N) is 1. The van der Waals surface area contributed by atoms with Crippen LogP contribution in [-0.2, 0) is 0 Å². The third kappa shape index (κ3) is 61.6. The maximum absolute atomic E-state index is 3.32. The minimum Gasteiger partial charge on any atom is -0.346 e. The molecule has 37 heavy (non-hydrogen) atoms. The first-order valence-corrected chi connectivity index (χ1v) is 9.04. The minimum absolute atomic E-state index is 0. The van der Waals surface area contributed by atoms with E-state index in [0.29, 0.717) is 11.8 Å². The van der Waals surface area contributed by atoms with E-state index in [9.17, 15) is 0 Å². The molecule has 2 aliphatic heterocycles. The lowest BCUT2D eigenvalue weighted by Crippen LogP contribution is -2.36. The molecule has 0 spiro atoms. The molecular formula is C31H88B2N2P2. The van der Waals surface area contributed by atoms with Gasteiger partial charge in [0, 0.05) is 24.9 Å². The van der Waals surface area contributed by atoms with Crippen molar-refractivity contribution in [1.29, 1.82) is 0 Å². The minimum atomic E-state index is 0. The van der Waals surface area contributed by atoms with E-state index in [2.05, 4.69) is 48.0 Å². The molecule has 0 aliphatic carbocycles. The average Bonchev–Trinajstić information content (AvgIpc) is 2.58. The quantitative estimate of drug-likeness (QED) is 0.191. The number of hydrogen-bond acceptors (Lipinski definition) is 2. The van der Waals surface area contributed by atoms with Gasteiger partial charge < -0.3 is 10.1 Å². The van der Waals surface area contributed by atoms with Gasteiger partial charge in [0.05, 0.1) is 0 Å². The van der Waals surface area contributed by atoms with Crippen molar-refractivity contribution < 1.29 is 0 Å². The molecule has 0 aromatic rings. The lowest BCUT2D eigenvalue weighted by Gasteiger charge is -2.28. The summed E-state index contributed by atoms with van der Waals surface area (Å²) in [5, 5.41) is 3.32. The van der Waals surface area contributed by atoms with Crippen LogP contribution in [0.15, 0.2) is 0 Å². The van der Waals surface area contributed by atoms with Crippen molar-refractivity contribution in [1.82, 2.24) is 10.1 Å². The van der Waals surface area contributed by atoms with Gasteiger partial charge in [-0.3, -0.25) is 0 Å². The molecule has 2 fully saturated rings. The molecule has 2 nitrogen and oxygen atoms in total. The van der Waals surface area contributed by atoms with Gasteiger partial charge in [0.1, 0.15) is 7.28 Å². The van der Waals surface area contributed by atoms with Gasteiger partial charge in [-0.25, -0.2) is 0 Å². The van der Waals surface area contributed by atoms with Crippen molar-refractivity contribution in [3.05, 3.63) is 0 Å². The molecular weight excluding hydrogens is 484 g/mol. The number of piperidine rings is 2. The van der Waals surface area contributed by atoms with Crippen molar-refractivity contribution in [2.45, 2.75) is 149 Å². The zero-order valence-electron chi connectivity index (χ0n) is 17.3. The Labute approximate surface area is 255 Å². The summed E-state index contributed by atoms with van der Waals surface area (Å²) in [5.74, 6) is 13.6. The highest BCUT2D eigenvalue weighted by atomic mass is 31.0. The molecule has 2 aliphatic rings. The normalized spacial score (nSPS) is 14.4. The second-order valence-corrected chi connectivity index (χ2v) is 6.00. The van der Waals surface area contributed by atoms with E-state index in [1.165, 1.54) is 38.8 Å². The van der Waals surface area contributed by atoms with Gasteiger partial charge in [-0.2, -0.15) is 19.8 Å². The molecule has 1 N–H and O–H groups in total. The molecule has 2 heterocycles. The monoisotopic (exact) mass is 573 g/mol. The van der Waals surface area contributed by atoms with Crippen molar-refractivity contribution >= 4 is 34.5 Å². The number of rotatable bonds is 1. The third-order valence-corrected chi connectivity index (χ3v) is 3.81. The van der Waals surface area contributed by atoms with Crippen LogP contribution in [-0.4, -0.2) is 45.7 Å². The summed E-state index contributed by atoms with van der Waals surface area (Å²) >= 11 is 0. The lowest BCUT2D eigenvalue weighted by atomic mass is 9.88. The molecule has 2 radical (unpaired) electrons. The Morgan fingerprint density at radius 3 is 1.35 bits per heavy atom. The van der Waals surface area contributed by atoms with Crippen LogP contribution in [0.4, 0.5) is 0 Å². The first kappa shape index (κ1) is 99.0.